The van der Waals surface area contributed by atoms with E-state index in [0.29, 0.717) is 5.92 Å². The van der Waals surface area contributed by atoms with Gasteiger partial charge < -0.3 is 4.74 Å². The van der Waals surface area contributed by atoms with Gasteiger partial charge >= 0.3 is 5.97 Å². The Morgan fingerprint density at radius 1 is 1.35 bits per heavy atom. The molecule has 4 fully saturated rings. The van der Waals surface area contributed by atoms with Gasteiger partial charge in [-0.3, -0.25) is 14.8 Å². The fourth-order valence-corrected chi connectivity index (χ4v) is 6.29. The lowest BCUT2D eigenvalue weighted by Crippen LogP contribution is -2.74. The van der Waals surface area contributed by atoms with Gasteiger partial charge in [-0.05, 0) is 30.4 Å². The molecule has 1 aromatic carbocycles. The van der Waals surface area contributed by atoms with Crippen molar-refractivity contribution < 1.29 is 9.53 Å². The molecule has 1 spiro atoms. The maximum Gasteiger partial charge on any atom is 0.310 e. The molecule has 5 bridgehead atoms. The van der Waals surface area contributed by atoms with Crippen molar-refractivity contribution in [2.75, 3.05) is 0 Å². The number of fused-ring (bicyclic) bond motifs is 4. The Hall–Kier alpha value is -1.97. The van der Waals surface area contributed by atoms with Crippen molar-refractivity contribution in [2.24, 2.45) is 27.2 Å². The van der Waals surface area contributed by atoms with Gasteiger partial charge in [0.1, 0.15) is 6.10 Å². The number of hydrogen-bond donors (Lipinski definition) is 0. The summed E-state index contributed by atoms with van der Waals surface area (Å²) in [6.45, 7) is 2.21. The summed E-state index contributed by atoms with van der Waals surface area (Å²) in [5.41, 5.74) is 3.09. The minimum atomic E-state index is -0.249. The molecular formula is C19H18N2O2. The van der Waals surface area contributed by atoms with Crippen LogP contribution in [0.25, 0.3) is 0 Å². The van der Waals surface area contributed by atoms with Crippen LogP contribution in [0, 0.1) is 17.3 Å². The van der Waals surface area contributed by atoms with E-state index >= 15 is 0 Å². The monoisotopic (exact) mass is 306 g/mol. The second kappa shape index (κ2) is 3.58. The fourth-order valence-electron chi connectivity index (χ4n) is 6.29. The van der Waals surface area contributed by atoms with Crippen LogP contribution in [0.3, 0.4) is 0 Å². The van der Waals surface area contributed by atoms with Crippen LogP contribution in [0.4, 0.5) is 5.69 Å². The van der Waals surface area contributed by atoms with Crippen LogP contribution in [0.1, 0.15) is 31.7 Å². The summed E-state index contributed by atoms with van der Waals surface area (Å²) in [6.07, 6.45) is 4.90. The Labute approximate surface area is 134 Å². The molecule has 2 aliphatic carbocycles. The molecule has 116 valence electrons. The molecule has 1 aromatic rings. The van der Waals surface area contributed by atoms with Gasteiger partial charge in [0.25, 0.3) is 0 Å². The van der Waals surface area contributed by atoms with Crippen molar-refractivity contribution in [2.45, 2.75) is 43.7 Å². The van der Waals surface area contributed by atoms with Crippen LogP contribution >= 0.6 is 0 Å². The van der Waals surface area contributed by atoms with E-state index in [-0.39, 0.29) is 34.9 Å². The van der Waals surface area contributed by atoms with Crippen molar-refractivity contribution in [3.8, 4) is 0 Å². The first kappa shape index (κ1) is 12.5. The number of hydrogen-bond acceptors (Lipinski definition) is 4. The molecule has 4 heterocycles. The lowest BCUT2D eigenvalue weighted by molar-refractivity contribution is -0.206. The van der Waals surface area contributed by atoms with E-state index in [1.54, 1.807) is 0 Å². The average Bonchev–Trinajstić information content (AvgIpc) is 2.89. The first-order valence-electron chi connectivity index (χ1n) is 8.64. The van der Waals surface area contributed by atoms with Gasteiger partial charge in [0.2, 0.25) is 0 Å². The maximum atomic E-state index is 12.8. The number of nitrogens with zero attached hydrogens (tertiary/aromatic N) is 2. The van der Waals surface area contributed by atoms with Crippen molar-refractivity contribution in [1.29, 1.82) is 0 Å². The summed E-state index contributed by atoms with van der Waals surface area (Å²) in [7, 11) is 0. The highest BCUT2D eigenvalue weighted by Gasteiger charge is 2.74. The third-order valence-electron chi connectivity index (χ3n) is 7.23. The minimum absolute atomic E-state index is 0.00604. The predicted octanol–water partition coefficient (Wildman–Crippen LogP) is 2.83. The lowest BCUT2D eigenvalue weighted by atomic mass is 9.41. The molecule has 2 saturated heterocycles. The van der Waals surface area contributed by atoms with Crippen LogP contribution in [0.5, 0.6) is 0 Å². The van der Waals surface area contributed by atoms with Crippen molar-refractivity contribution in [1.82, 2.24) is 0 Å². The van der Waals surface area contributed by atoms with Gasteiger partial charge in [0, 0.05) is 18.1 Å². The summed E-state index contributed by atoms with van der Waals surface area (Å²) >= 11 is 0. The van der Waals surface area contributed by atoms with E-state index in [0.717, 1.165) is 30.7 Å². The summed E-state index contributed by atoms with van der Waals surface area (Å²) in [5.74, 6) is 0.256. The molecule has 0 aromatic heterocycles. The molecule has 23 heavy (non-hydrogen) atoms. The van der Waals surface area contributed by atoms with E-state index in [1.165, 1.54) is 5.56 Å². The number of carbonyl (C=O) groups is 1. The maximum absolute atomic E-state index is 12.8. The minimum Gasteiger partial charge on any atom is -0.461 e. The number of benzene rings is 1. The highest BCUT2D eigenvalue weighted by atomic mass is 16.5. The molecule has 6 atom stereocenters. The normalized spacial score (nSPS) is 47.2. The average molecular weight is 306 g/mol. The SMILES string of the molecule is CC[C@@]12C=N[C@H]3C[C@@H]1C1C(=O)O[C@@H]2C[C@@]12C3=Nc1ccccc12. The number of rotatable bonds is 1. The van der Waals surface area contributed by atoms with Crippen molar-refractivity contribution in [3.63, 3.8) is 0 Å². The molecule has 2 saturated carbocycles. The number of aliphatic imine (C=N–C) groups is 2. The first-order chi connectivity index (χ1) is 11.2. The Morgan fingerprint density at radius 3 is 3.09 bits per heavy atom. The third kappa shape index (κ3) is 1.10. The second-order valence-electron chi connectivity index (χ2n) is 7.69. The lowest BCUT2D eigenvalue weighted by Gasteiger charge is -2.65. The van der Waals surface area contributed by atoms with Crippen LogP contribution in [0.15, 0.2) is 34.3 Å². The third-order valence-corrected chi connectivity index (χ3v) is 7.23. The molecule has 0 radical (unpaired) electrons. The van der Waals surface area contributed by atoms with E-state index in [1.807, 2.05) is 6.07 Å². The molecular weight excluding hydrogens is 288 g/mol. The highest BCUT2D eigenvalue weighted by molar-refractivity contribution is 6.11. The molecule has 1 unspecified atom stereocenters. The molecule has 4 heteroatoms. The number of esters is 1. The Bertz CT molecular complexity index is 828. The summed E-state index contributed by atoms with van der Waals surface area (Å²) in [4.78, 5) is 22.7. The Kier molecular flexibility index (Phi) is 1.94. The second-order valence-corrected chi connectivity index (χ2v) is 7.69. The van der Waals surface area contributed by atoms with Gasteiger partial charge in [-0.1, -0.05) is 25.1 Å². The van der Waals surface area contributed by atoms with E-state index in [4.69, 9.17) is 14.7 Å². The van der Waals surface area contributed by atoms with Gasteiger partial charge in [-0.25, -0.2) is 0 Å². The zero-order chi connectivity index (χ0) is 15.4. The number of para-hydroxylation sites is 1. The van der Waals surface area contributed by atoms with E-state index in [2.05, 4.69) is 31.3 Å². The van der Waals surface area contributed by atoms with Gasteiger partial charge in [0.05, 0.1) is 28.8 Å². The van der Waals surface area contributed by atoms with Crippen LogP contribution < -0.4 is 0 Å². The quantitative estimate of drug-likeness (QED) is 0.749. The molecule has 4 aliphatic heterocycles. The topological polar surface area (TPSA) is 51.0 Å². The molecule has 4 nitrogen and oxygen atoms in total. The van der Waals surface area contributed by atoms with Crippen LogP contribution in [-0.4, -0.2) is 30.0 Å². The van der Waals surface area contributed by atoms with Crippen LogP contribution in [0.2, 0.25) is 0 Å². The molecule has 0 N–H and O–H groups in total. The summed E-state index contributed by atoms with van der Waals surface area (Å²) in [5, 5.41) is 0. The number of ether oxygens (including phenoxy) is 1. The van der Waals surface area contributed by atoms with Crippen molar-refractivity contribution >= 4 is 23.6 Å². The predicted molar refractivity (Wildman–Crippen MR) is 86.3 cm³/mol. The number of carbonyl (C=O) groups excluding carboxylic acids is 1. The zero-order valence-corrected chi connectivity index (χ0v) is 13.0. The fraction of sp³-hybridized carbons (Fsp3) is 0.526. The van der Waals surface area contributed by atoms with E-state index in [9.17, 15) is 4.79 Å². The smallest absolute Gasteiger partial charge is 0.310 e. The first-order valence-corrected chi connectivity index (χ1v) is 8.64. The van der Waals surface area contributed by atoms with Crippen molar-refractivity contribution in [3.05, 3.63) is 29.8 Å². The van der Waals surface area contributed by atoms with Gasteiger partial charge in [0.15, 0.2) is 0 Å². The molecule has 0 amide bonds. The standard InChI is InChI=1S/C19H18N2O2/c1-2-18-9-20-13-7-11(18)15-17(22)23-14(18)8-19(15)10-5-3-4-6-12(10)21-16(13)19/h3-6,9,11,13-15H,2,7-8H2,1H3/t11-,13+,14-,15?,18-,19+/m1/s1. The summed E-state index contributed by atoms with van der Waals surface area (Å²) < 4.78 is 5.88. The highest BCUT2D eigenvalue weighted by Crippen LogP contribution is 2.68. The van der Waals surface area contributed by atoms with Crippen LogP contribution in [-0.2, 0) is 14.9 Å². The van der Waals surface area contributed by atoms with E-state index < -0.39 is 0 Å². The summed E-state index contributed by atoms with van der Waals surface area (Å²) in [6, 6.07) is 8.49. The Morgan fingerprint density at radius 2 is 2.22 bits per heavy atom. The largest absolute Gasteiger partial charge is 0.461 e. The molecule has 6 aliphatic rings. The van der Waals surface area contributed by atoms with Gasteiger partial charge in [-0.2, -0.15) is 0 Å². The Balaban J connectivity index is 1.70. The molecule has 7 rings (SSSR count). The zero-order valence-electron chi connectivity index (χ0n) is 13.0. The van der Waals surface area contributed by atoms with Gasteiger partial charge in [-0.15, -0.1) is 0 Å².